The molecule has 0 spiro atoms. The Bertz CT molecular complexity index is 1130. The molecular formula is C21H23N3O3S. The van der Waals surface area contributed by atoms with Gasteiger partial charge in [0.05, 0.1) is 4.90 Å². The van der Waals surface area contributed by atoms with Gasteiger partial charge >= 0.3 is 0 Å². The Kier molecular flexibility index (Phi) is 4.51. The van der Waals surface area contributed by atoms with Crippen LogP contribution in [0.1, 0.15) is 28.8 Å². The molecule has 28 heavy (non-hydrogen) atoms. The average molecular weight is 398 g/mol. The molecule has 1 amide bonds. The van der Waals surface area contributed by atoms with Gasteiger partial charge in [-0.05, 0) is 48.7 Å². The Morgan fingerprint density at radius 3 is 2.43 bits per heavy atom. The minimum atomic E-state index is -3.50. The van der Waals surface area contributed by atoms with Gasteiger partial charge < -0.3 is 10.3 Å². The zero-order valence-electron chi connectivity index (χ0n) is 15.9. The van der Waals surface area contributed by atoms with Crippen molar-refractivity contribution in [1.29, 1.82) is 0 Å². The second-order valence-electron chi connectivity index (χ2n) is 7.52. The van der Waals surface area contributed by atoms with E-state index in [0.29, 0.717) is 12.1 Å². The molecule has 0 aliphatic heterocycles. The largest absolute Gasteiger partial charge is 0.361 e. The molecule has 0 radical (unpaired) electrons. The average Bonchev–Trinajstić information content (AvgIpc) is 3.36. The van der Waals surface area contributed by atoms with Crippen molar-refractivity contribution in [1.82, 2.24) is 14.6 Å². The van der Waals surface area contributed by atoms with Crippen LogP contribution in [0.25, 0.3) is 10.9 Å². The lowest BCUT2D eigenvalue weighted by Gasteiger charge is -2.16. The summed E-state index contributed by atoms with van der Waals surface area (Å²) in [4.78, 5) is 16.1. The summed E-state index contributed by atoms with van der Waals surface area (Å²) in [5.74, 6) is -0.195. The SMILES string of the molecule is CN(C)S(=O)(=O)c1ccc(C(=O)NCC2(c3c[nH]c4ccccc34)CC2)cc1. The monoisotopic (exact) mass is 397 g/mol. The lowest BCUT2D eigenvalue weighted by molar-refractivity contribution is 0.0949. The van der Waals surface area contributed by atoms with E-state index in [4.69, 9.17) is 0 Å². The first-order valence-electron chi connectivity index (χ1n) is 9.21. The molecule has 1 aliphatic rings. The van der Waals surface area contributed by atoms with Gasteiger partial charge in [-0.25, -0.2) is 12.7 Å². The third-order valence-electron chi connectivity index (χ3n) is 5.50. The number of benzene rings is 2. The minimum absolute atomic E-state index is 0.0243. The number of amides is 1. The predicted octanol–water partition coefficient (Wildman–Crippen LogP) is 2.88. The van der Waals surface area contributed by atoms with Gasteiger partial charge in [-0.3, -0.25) is 4.79 Å². The summed E-state index contributed by atoms with van der Waals surface area (Å²) in [6, 6.07) is 14.2. The van der Waals surface area contributed by atoms with Crippen LogP contribution in [0.5, 0.6) is 0 Å². The third-order valence-corrected chi connectivity index (χ3v) is 7.33. The number of nitrogens with one attached hydrogen (secondary N) is 2. The Hall–Kier alpha value is -2.64. The smallest absolute Gasteiger partial charge is 0.251 e. The number of sulfonamides is 1. The number of rotatable bonds is 6. The molecule has 0 saturated heterocycles. The van der Waals surface area contributed by atoms with Crippen LogP contribution >= 0.6 is 0 Å². The molecule has 1 heterocycles. The first-order chi connectivity index (χ1) is 13.3. The second kappa shape index (κ2) is 6.76. The molecule has 1 aromatic heterocycles. The normalized spacial score (nSPS) is 15.7. The molecular weight excluding hydrogens is 374 g/mol. The van der Waals surface area contributed by atoms with Crippen molar-refractivity contribution in [3.05, 3.63) is 65.9 Å². The molecule has 0 atom stereocenters. The maximum Gasteiger partial charge on any atom is 0.251 e. The Labute approximate surface area is 164 Å². The minimum Gasteiger partial charge on any atom is -0.361 e. The molecule has 146 valence electrons. The van der Waals surface area contributed by atoms with E-state index in [2.05, 4.69) is 22.4 Å². The lowest BCUT2D eigenvalue weighted by Crippen LogP contribution is -2.32. The highest BCUT2D eigenvalue weighted by molar-refractivity contribution is 7.89. The fourth-order valence-corrected chi connectivity index (χ4v) is 4.44. The van der Waals surface area contributed by atoms with Crippen LogP contribution in [0.4, 0.5) is 0 Å². The Morgan fingerprint density at radius 1 is 1.11 bits per heavy atom. The van der Waals surface area contributed by atoms with Crippen molar-refractivity contribution in [3.63, 3.8) is 0 Å². The first-order valence-corrected chi connectivity index (χ1v) is 10.6. The fraction of sp³-hybridized carbons (Fsp3) is 0.286. The highest BCUT2D eigenvalue weighted by Crippen LogP contribution is 2.49. The molecule has 1 saturated carbocycles. The van der Waals surface area contributed by atoms with Crippen LogP contribution < -0.4 is 5.32 Å². The van der Waals surface area contributed by atoms with E-state index in [1.165, 1.54) is 37.2 Å². The Morgan fingerprint density at radius 2 is 1.79 bits per heavy atom. The fourth-order valence-electron chi connectivity index (χ4n) is 3.54. The summed E-state index contributed by atoms with van der Waals surface area (Å²) in [6.07, 6.45) is 4.12. The highest BCUT2D eigenvalue weighted by atomic mass is 32.2. The molecule has 4 rings (SSSR count). The number of fused-ring (bicyclic) bond motifs is 1. The number of nitrogens with zero attached hydrogens (tertiary/aromatic N) is 1. The number of carbonyl (C=O) groups is 1. The van der Waals surface area contributed by atoms with E-state index < -0.39 is 10.0 Å². The van der Waals surface area contributed by atoms with E-state index in [1.54, 1.807) is 12.1 Å². The number of hydrogen-bond acceptors (Lipinski definition) is 3. The third kappa shape index (κ3) is 3.21. The van der Waals surface area contributed by atoms with Gasteiger partial charge in [-0.2, -0.15) is 0 Å². The van der Waals surface area contributed by atoms with Gasteiger partial charge in [0.2, 0.25) is 10.0 Å². The summed E-state index contributed by atoms with van der Waals surface area (Å²) in [6.45, 7) is 0.561. The van der Waals surface area contributed by atoms with E-state index >= 15 is 0 Å². The van der Waals surface area contributed by atoms with E-state index in [-0.39, 0.29) is 16.2 Å². The summed E-state index contributed by atoms with van der Waals surface area (Å²) >= 11 is 0. The number of para-hydroxylation sites is 1. The molecule has 1 aliphatic carbocycles. The van der Waals surface area contributed by atoms with Gasteiger partial charge in [0.25, 0.3) is 5.91 Å². The number of aromatic nitrogens is 1. The summed E-state index contributed by atoms with van der Waals surface area (Å²) in [5, 5.41) is 4.22. The topological polar surface area (TPSA) is 82.3 Å². The quantitative estimate of drug-likeness (QED) is 0.671. The van der Waals surface area contributed by atoms with Crippen molar-refractivity contribution in [3.8, 4) is 0 Å². The number of hydrogen-bond donors (Lipinski definition) is 2. The molecule has 0 bridgehead atoms. The van der Waals surface area contributed by atoms with Gasteiger partial charge in [0.1, 0.15) is 0 Å². The van der Waals surface area contributed by atoms with E-state index in [9.17, 15) is 13.2 Å². The van der Waals surface area contributed by atoms with Gasteiger partial charge in [-0.15, -0.1) is 0 Å². The molecule has 6 nitrogen and oxygen atoms in total. The van der Waals surface area contributed by atoms with Crippen LogP contribution in [-0.4, -0.2) is 44.3 Å². The van der Waals surface area contributed by atoms with Crippen molar-refractivity contribution in [2.45, 2.75) is 23.2 Å². The van der Waals surface area contributed by atoms with Crippen LogP contribution in [0.15, 0.2) is 59.6 Å². The zero-order valence-corrected chi connectivity index (χ0v) is 16.7. The summed E-state index contributed by atoms with van der Waals surface area (Å²) in [5.41, 5.74) is 2.78. The molecule has 2 N–H and O–H groups in total. The van der Waals surface area contributed by atoms with Gasteiger partial charge in [0.15, 0.2) is 0 Å². The second-order valence-corrected chi connectivity index (χ2v) is 9.67. The van der Waals surface area contributed by atoms with Gasteiger partial charge in [0, 0.05) is 48.7 Å². The summed E-state index contributed by atoms with van der Waals surface area (Å²) < 4.78 is 25.4. The number of carbonyl (C=O) groups excluding carboxylic acids is 1. The Balaban J connectivity index is 1.47. The molecule has 1 fully saturated rings. The van der Waals surface area contributed by atoms with Crippen LogP contribution in [0.3, 0.4) is 0 Å². The highest BCUT2D eigenvalue weighted by Gasteiger charge is 2.45. The maximum absolute atomic E-state index is 12.6. The van der Waals surface area contributed by atoms with Crippen molar-refractivity contribution < 1.29 is 13.2 Å². The van der Waals surface area contributed by atoms with Gasteiger partial charge in [-0.1, -0.05) is 18.2 Å². The number of H-pyrrole nitrogens is 1. The predicted molar refractivity (Wildman–Crippen MR) is 109 cm³/mol. The maximum atomic E-state index is 12.6. The van der Waals surface area contributed by atoms with Crippen LogP contribution in [-0.2, 0) is 15.4 Å². The molecule has 0 unspecified atom stereocenters. The van der Waals surface area contributed by atoms with Crippen LogP contribution in [0.2, 0.25) is 0 Å². The van der Waals surface area contributed by atoms with E-state index in [0.717, 1.165) is 22.7 Å². The lowest BCUT2D eigenvalue weighted by atomic mass is 9.95. The van der Waals surface area contributed by atoms with Crippen molar-refractivity contribution in [2.75, 3.05) is 20.6 Å². The standard InChI is InChI=1S/C21H23N3O3S/c1-24(2)28(26,27)16-9-7-15(8-10-16)20(25)23-14-21(11-12-21)18-13-22-19-6-4-3-5-17(18)19/h3-10,13,22H,11-12,14H2,1-2H3,(H,23,25). The van der Waals surface area contributed by atoms with Crippen molar-refractivity contribution in [2.24, 2.45) is 0 Å². The molecule has 7 heteroatoms. The van der Waals surface area contributed by atoms with Crippen molar-refractivity contribution >= 4 is 26.8 Å². The van der Waals surface area contributed by atoms with E-state index in [1.807, 2.05) is 18.3 Å². The number of aromatic amines is 1. The molecule has 3 aromatic rings. The summed E-state index contributed by atoms with van der Waals surface area (Å²) in [7, 11) is -0.533. The first kappa shape index (κ1) is 18.7. The zero-order chi connectivity index (χ0) is 19.9. The van der Waals surface area contributed by atoms with Crippen LogP contribution in [0, 0.1) is 0 Å². The molecule has 2 aromatic carbocycles.